The molecule has 16 heavy (non-hydrogen) atoms. The molecule has 0 bridgehead atoms. The van der Waals surface area contributed by atoms with Crippen molar-refractivity contribution in [2.24, 2.45) is 0 Å². The SMILES string of the molecule is CCc1nc(CN(CC)CCC(=O)O)cs1. The lowest BCUT2D eigenvalue weighted by Crippen LogP contribution is -2.25. The Morgan fingerprint density at radius 2 is 2.31 bits per heavy atom. The molecule has 1 aromatic heterocycles. The molecule has 0 unspecified atom stereocenters. The molecule has 1 rings (SSSR count). The van der Waals surface area contributed by atoms with Gasteiger partial charge in [0.1, 0.15) is 0 Å². The fourth-order valence-corrected chi connectivity index (χ4v) is 2.15. The highest BCUT2D eigenvalue weighted by Gasteiger charge is 2.08. The highest BCUT2D eigenvalue weighted by molar-refractivity contribution is 7.09. The van der Waals surface area contributed by atoms with Crippen LogP contribution in [0.25, 0.3) is 0 Å². The van der Waals surface area contributed by atoms with Gasteiger partial charge in [0.05, 0.1) is 17.1 Å². The van der Waals surface area contributed by atoms with Crippen LogP contribution >= 0.6 is 11.3 Å². The average molecular weight is 242 g/mol. The van der Waals surface area contributed by atoms with Crippen molar-refractivity contribution < 1.29 is 9.90 Å². The largest absolute Gasteiger partial charge is 0.481 e. The van der Waals surface area contributed by atoms with Gasteiger partial charge in [-0.25, -0.2) is 4.98 Å². The van der Waals surface area contributed by atoms with Crippen LogP contribution in [-0.4, -0.2) is 34.0 Å². The van der Waals surface area contributed by atoms with Crippen LogP contribution in [0.1, 0.15) is 31.0 Å². The van der Waals surface area contributed by atoms with E-state index in [1.807, 2.05) is 6.92 Å². The minimum Gasteiger partial charge on any atom is -0.481 e. The van der Waals surface area contributed by atoms with E-state index in [0.717, 1.165) is 30.2 Å². The zero-order chi connectivity index (χ0) is 12.0. The molecule has 0 amide bonds. The average Bonchev–Trinajstić information content (AvgIpc) is 2.71. The quantitative estimate of drug-likeness (QED) is 0.794. The lowest BCUT2D eigenvalue weighted by atomic mass is 10.3. The summed E-state index contributed by atoms with van der Waals surface area (Å²) in [6.45, 7) is 6.32. The Morgan fingerprint density at radius 1 is 1.56 bits per heavy atom. The Morgan fingerprint density at radius 3 is 2.81 bits per heavy atom. The first-order valence-electron chi connectivity index (χ1n) is 5.53. The number of aliphatic carboxylic acids is 1. The predicted molar refractivity (Wildman–Crippen MR) is 64.7 cm³/mol. The molecule has 0 aromatic carbocycles. The van der Waals surface area contributed by atoms with Crippen molar-refractivity contribution in [3.8, 4) is 0 Å². The standard InChI is InChI=1S/C11H18N2O2S/c1-3-10-12-9(8-16-10)7-13(4-2)6-5-11(14)15/h8H,3-7H2,1-2H3,(H,14,15). The van der Waals surface area contributed by atoms with Crippen LogP contribution in [-0.2, 0) is 17.8 Å². The van der Waals surface area contributed by atoms with Crippen LogP contribution in [0, 0.1) is 0 Å². The summed E-state index contributed by atoms with van der Waals surface area (Å²) in [6.07, 6.45) is 1.16. The van der Waals surface area contributed by atoms with Crippen LogP contribution in [0.4, 0.5) is 0 Å². The smallest absolute Gasteiger partial charge is 0.304 e. The topological polar surface area (TPSA) is 53.4 Å². The third kappa shape index (κ3) is 4.28. The first kappa shape index (κ1) is 13.1. The number of carbonyl (C=O) groups is 1. The minimum absolute atomic E-state index is 0.193. The molecule has 0 saturated carbocycles. The monoisotopic (exact) mass is 242 g/mol. The van der Waals surface area contributed by atoms with Crippen LogP contribution in [0.5, 0.6) is 0 Å². The van der Waals surface area contributed by atoms with Gasteiger partial charge in [0, 0.05) is 18.5 Å². The first-order valence-corrected chi connectivity index (χ1v) is 6.41. The molecule has 1 N–H and O–H groups in total. The van der Waals surface area contributed by atoms with Gasteiger partial charge in [-0.05, 0) is 13.0 Å². The van der Waals surface area contributed by atoms with Gasteiger partial charge < -0.3 is 5.11 Å². The zero-order valence-corrected chi connectivity index (χ0v) is 10.6. The van der Waals surface area contributed by atoms with E-state index in [9.17, 15) is 4.79 Å². The fourth-order valence-electron chi connectivity index (χ4n) is 1.42. The summed E-state index contributed by atoms with van der Waals surface area (Å²) in [5.74, 6) is -0.744. The van der Waals surface area contributed by atoms with Crippen molar-refractivity contribution in [2.45, 2.75) is 33.2 Å². The lowest BCUT2D eigenvalue weighted by molar-refractivity contribution is -0.137. The summed E-state index contributed by atoms with van der Waals surface area (Å²) in [4.78, 5) is 17.1. The maximum absolute atomic E-state index is 10.5. The van der Waals surface area contributed by atoms with E-state index in [4.69, 9.17) is 5.11 Å². The Balaban J connectivity index is 2.45. The third-order valence-corrected chi connectivity index (χ3v) is 3.42. The van der Waals surface area contributed by atoms with Crippen molar-refractivity contribution >= 4 is 17.3 Å². The molecule has 0 atom stereocenters. The van der Waals surface area contributed by atoms with Gasteiger partial charge >= 0.3 is 5.97 Å². The van der Waals surface area contributed by atoms with E-state index in [1.165, 1.54) is 0 Å². The van der Waals surface area contributed by atoms with E-state index >= 15 is 0 Å². The molecule has 1 heterocycles. The summed E-state index contributed by atoms with van der Waals surface area (Å²) in [6, 6.07) is 0. The molecular weight excluding hydrogens is 224 g/mol. The maximum atomic E-state index is 10.5. The van der Waals surface area contributed by atoms with Crippen molar-refractivity contribution in [3.63, 3.8) is 0 Å². The van der Waals surface area contributed by atoms with E-state index in [-0.39, 0.29) is 6.42 Å². The van der Waals surface area contributed by atoms with Crippen LogP contribution in [0.2, 0.25) is 0 Å². The van der Waals surface area contributed by atoms with Crippen molar-refractivity contribution in [2.75, 3.05) is 13.1 Å². The Bertz CT molecular complexity index is 338. The first-order chi connectivity index (χ1) is 7.65. The second kappa shape index (κ2) is 6.60. The maximum Gasteiger partial charge on any atom is 0.304 e. The number of hydrogen-bond donors (Lipinski definition) is 1. The third-order valence-electron chi connectivity index (χ3n) is 2.38. The zero-order valence-electron chi connectivity index (χ0n) is 9.77. The highest BCUT2D eigenvalue weighted by atomic mass is 32.1. The van der Waals surface area contributed by atoms with Gasteiger partial charge in [0.25, 0.3) is 0 Å². The van der Waals surface area contributed by atoms with Crippen LogP contribution in [0.15, 0.2) is 5.38 Å². The van der Waals surface area contributed by atoms with Gasteiger partial charge in [-0.1, -0.05) is 13.8 Å². The van der Waals surface area contributed by atoms with Gasteiger partial charge in [-0.3, -0.25) is 9.69 Å². The number of aryl methyl sites for hydroxylation is 1. The summed E-state index contributed by atoms with van der Waals surface area (Å²) >= 11 is 1.67. The number of nitrogens with zero attached hydrogens (tertiary/aromatic N) is 2. The predicted octanol–water partition coefficient (Wildman–Crippen LogP) is 2.00. The summed E-state index contributed by atoms with van der Waals surface area (Å²) < 4.78 is 0. The second-order valence-corrected chi connectivity index (χ2v) is 4.54. The summed E-state index contributed by atoms with van der Waals surface area (Å²) in [7, 11) is 0. The summed E-state index contributed by atoms with van der Waals surface area (Å²) in [5.41, 5.74) is 1.05. The Labute approximate surface area is 99.9 Å². The Kier molecular flexibility index (Phi) is 5.42. The number of aromatic nitrogens is 1. The molecule has 0 spiro atoms. The molecule has 4 nitrogen and oxygen atoms in total. The number of carboxylic acids is 1. The molecule has 0 aliphatic carbocycles. The van der Waals surface area contributed by atoms with Crippen molar-refractivity contribution in [1.29, 1.82) is 0 Å². The molecule has 0 aliphatic heterocycles. The number of rotatable bonds is 7. The van der Waals surface area contributed by atoms with E-state index < -0.39 is 5.97 Å². The lowest BCUT2D eigenvalue weighted by Gasteiger charge is -2.17. The molecule has 90 valence electrons. The number of thiazole rings is 1. The molecule has 5 heteroatoms. The molecule has 0 aliphatic rings. The molecular formula is C11H18N2O2S. The number of hydrogen-bond acceptors (Lipinski definition) is 4. The molecule has 1 aromatic rings. The van der Waals surface area contributed by atoms with Crippen LogP contribution in [0.3, 0.4) is 0 Å². The molecule has 0 fully saturated rings. The Hall–Kier alpha value is -0.940. The van der Waals surface area contributed by atoms with Gasteiger partial charge in [0.15, 0.2) is 0 Å². The fraction of sp³-hybridized carbons (Fsp3) is 0.636. The molecule has 0 saturated heterocycles. The molecule has 0 radical (unpaired) electrons. The van der Waals surface area contributed by atoms with E-state index in [2.05, 4.69) is 22.2 Å². The second-order valence-electron chi connectivity index (χ2n) is 3.60. The highest BCUT2D eigenvalue weighted by Crippen LogP contribution is 2.12. The minimum atomic E-state index is -0.744. The summed E-state index contributed by atoms with van der Waals surface area (Å²) in [5, 5.41) is 11.8. The van der Waals surface area contributed by atoms with E-state index in [0.29, 0.717) is 6.54 Å². The van der Waals surface area contributed by atoms with Gasteiger partial charge in [0.2, 0.25) is 0 Å². The van der Waals surface area contributed by atoms with Crippen molar-refractivity contribution in [1.82, 2.24) is 9.88 Å². The number of carboxylic acid groups (broad SMARTS) is 1. The van der Waals surface area contributed by atoms with Crippen LogP contribution < -0.4 is 0 Å². The normalized spacial score (nSPS) is 10.9. The van der Waals surface area contributed by atoms with Gasteiger partial charge in [-0.15, -0.1) is 11.3 Å². The van der Waals surface area contributed by atoms with Gasteiger partial charge in [-0.2, -0.15) is 0 Å². The van der Waals surface area contributed by atoms with Crippen molar-refractivity contribution in [3.05, 3.63) is 16.1 Å². The van der Waals surface area contributed by atoms with E-state index in [1.54, 1.807) is 11.3 Å².